The van der Waals surface area contributed by atoms with Gasteiger partial charge in [0.05, 0.1) is 0 Å². The van der Waals surface area contributed by atoms with Gasteiger partial charge in [-0.2, -0.15) is 9.61 Å². The third kappa shape index (κ3) is 2.30. The van der Waals surface area contributed by atoms with Gasteiger partial charge < -0.3 is 10.8 Å². The first-order chi connectivity index (χ1) is 8.02. The van der Waals surface area contributed by atoms with Gasteiger partial charge in [-0.3, -0.25) is 0 Å². The van der Waals surface area contributed by atoms with E-state index in [1.807, 2.05) is 4.93 Å². The summed E-state index contributed by atoms with van der Waals surface area (Å²) in [5.74, 6) is -1.01. The summed E-state index contributed by atoms with van der Waals surface area (Å²) in [6.07, 6.45) is 0. The Labute approximate surface area is 111 Å². The lowest BCUT2D eigenvalue weighted by molar-refractivity contribution is 0.0688. The molecule has 2 aromatic heterocycles. The number of aryl methyl sites for hydroxylation is 1. The topological polar surface area (TPSA) is 106 Å². The van der Waals surface area contributed by atoms with Gasteiger partial charge in [0.15, 0.2) is 11.3 Å². The second-order valence-electron chi connectivity index (χ2n) is 3.20. The van der Waals surface area contributed by atoms with E-state index < -0.39 is 5.97 Å². The highest BCUT2D eigenvalue weighted by atomic mass is 127. The van der Waals surface area contributed by atoms with Crippen LogP contribution in [0.4, 0.5) is 5.95 Å². The van der Waals surface area contributed by atoms with Crippen molar-refractivity contribution in [3.8, 4) is 0 Å². The Bertz CT molecular complexity index is 566. The van der Waals surface area contributed by atoms with Crippen LogP contribution in [0.1, 0.15) is 21.6 Å². The minimum Gasteiger partial charge on any atom is -0.476 e. The van der Waals surface area contributed by atoms with Crippen molar-refractivity contribution < 1.29 is 9.90 Å². The van der Waals surface area contributed by atoms with Crippen molar-refractivity contribution >= 4 is 40.2 Å². The number of halogens is 1. The molecule has 0 atom stereocenters. The van der Waals surface area contributed by atoms with Gasteiger partial charge in [0.2, 0.25) is 5.95 Å². The predicted octanol–water partition coefficient (Wildman–Crippen LogP) is 1.07. The van der Waals surface area contributed by atoms with E-state index in [0.717, 1.165) is 0 Å². The smallest absolute Gasteiger partial charge is 0.356 e. The van der Waals surface area contributed by atoms with Gasteiger partial charge in [-0.15, -0.1) is 10.2 Å². The summed E-state index contributed by atoms with van der Waals surface area (Å²) in [4.78, 5) is 12.9. The van der Waals surface area contributed by atoms with Gasteiger partial charge in [0.1, 0.15) is 0 Å². The van der Waals surface area contributed by atoms with Gasteiger partial charge in [-0.05, 0) is 24.3 Å². The van der Waals surface area contributed by atoms with Crippen molar-refractivity contribution in [1.29, 1.82) is 0 Å². The first-order valence-corrected chi connectivity index (χ1v) is 6.77. The van der Waals surface area contributed by atoms with Gasteiger partial charge in [0, 0.05) is 5.56 Å². The van der Waals surface area contributed by atoms with Crippen LogP contribution in [0.25, 0.3) is 5.65 Å². The van der Waals surface area contributed by atoms with Crippen LogP contribution >= 0.6 is 22.6 Å². The number of carboxylic acids is 1. The molecule has 0 radical (unpaired) electrons. The van der Waals surface area contributed by atoms with Gasteiger partial charge in [-0.25, -0.2) is 4.79 Å². The Morgan fingerprint density at radius 3 is 2.41 bits per heavy atom. The maximum absolute atomic E-state index is 10.9. The lowest BCUT2D eigenvalue weighted by Gasteiger charge is -2.04. The Hall–Kier alpha value is -1.45. The molecule has 0 spiro atoms. The molecule has 0 saturated carbocycles. The average Bonchev–Trinajstić information content (AvgIpc) is 2.68. The largest absolute Gasteiger partial charge is 0.476 e. The molecule has 0 aromatic carbocycles. The van der Waals surface area contributed by atoms with Crippen molar-refractivity contribution in [3.05, 3.63) is 16.8 Å². The van der Waals surface area contributed by atoms with E-state index in [2.05, 4.69) is 37.9 Å². The Balaban J connectivity index is 0.000000686. The van der Waals surface area contributed by atoms with Crippen LogP contribution in [-0.2, 0) is 0 Å². The number of hydrogen-bond acceptors (Lipinski definition) is 5. The van der Waals surface area contributed by atoms with Crippen LogP contribution in [0.2, 0.25) is 0 Å². The van der Waals surface area contributed by atoms with E-state index in [-0.39, 0.29) is 11.6 Å². The summed E-state index contributed by atoms with van der Waals surface area (Å²) in [6, 6.07) is 0. The van der Waals surface area contributed by atoms with Gasteiger partial charge in [0.25, 0.3) is 0 Å². The molecule has 0 amide bonds. The second-order valence-corrected chi connectivity index (χ2v) is 3.20. The minimum atomic E-state index is -1.09. The highest BCUT2D eigenvalue weighted by molar-refractivity contribution is 14.1. The van der Waals surface area contributed by atoms with Crippen LogP contribution in [-0.4, -0.2) is 35.8 Å². The number of rotatable bonds is 1. The number of nitrogens with two attached hydrogens (primary N) is 1. The number of fused-ring (bicyclic) bond motifs is 1. The Kier molecular flexibility index (Phi) is 4.21. The summed E-state index contributed by atoms with van der Waals surface area (Å²) in [5, 5.41) is 20.2. The predicted molar refractivity (Wildman–Crippen MR) is 71.6 cm³/mol. The van der Waals surface area contributed by atoms with E-state index >= 15 is 0 Å². The maximum atomic E-state index is 10.9. The van der Waals surface area contributed by atoms with Crippen molar-refractivity contribution in [2.24, 2.45) is 0 Å². The number of nitrogens with zero attached hydrogens (tertiary/aromatic N) is 4. The first kappa shape index (κ1) is 13.6. The van der Waals surface area contributed by atoms with Crippen LogP contribution in [0, 0.1) is 13.8 Å². The number of aromatic carboxylic acids is 1. The van der Waals surface area contributed by atoms with Crippen LogP contribution < -0.4 is 5.73 Å². The molecule has 2 heterocycles. The summed E-state index contributed by atoms with van der Waals surface area (Å²) in [7, 11) is 0. The zero-order chi connectivity index (χ0) is 13.2. The summed E-state index contributed by atoms with van der Waals surface area (Å²) >= 11 is 2.15. The number of carboxylic acid groups (broad SMARTS) is 1. The van der Waals surface area contributed by atoms with Crippen molar-refractivity contribution in [2.45, 2.75) is 13.8 Å². The fraction of sp³-hybridized carbons (Fsp3) is 0.333. The number of alkyl halides is 1. The molecule has 3 N–H and O–H groups in total. The number of aromatic nitrogens is 4. The van der Waals surface area contributed by atoms with Crippen molar-refractivity contribution in [2.75, 3.05) is 10.7 Å². The standard InChI is InChI=1S/C8H9N5O2.CH3I/c1-3-4(2)6-10-11-8(9)13(6)12-5(3)7(14)15;1-2/h1-2H3,(H2,9,11)(H,14,15);1H3. The third-order valence-electron chi connectivity index (χ3n) is 2.32. The monoisotopic (exact) mass is 349 g/mol. The maximum Gasteiger partial charge on any atom is 0.356 e. The molecule has 7 nitrogen and oxygen atoms in total. The zero-order valence-electron chi connectivity index (χ0n) is 9.60. The minimum absolute atomic E-state index is 0.0356. The molecule has 0 saturated heterocycles. The number of carbonyl (C=O) groups is 1. The van der Waals surface area contributed by atoms with Crippen molar-refractivity contribution in [1.82, 2.24) is 19.8 Å². The van der Waals surface area contributed by atoms with Gasteiger partial charge >= 0.3 is 5.97 Å². The molecule has 0 bridgehead atoms. The summed E-state index contributed by atoms with van der Waals surface area (Å²) in [6.45, 7) is 3.43. The number of anilines is 1. The fourth-order valence-corrected chi connectivity index (χ4v) is 1.35. The highest BCUT2D eigenvalue weighted by Gasteiger charge is 2.17. The molecule has 92 valence electrons. The first-order valence-electron chi connectivity index (χ1n) is 4.61. The van der Waals surface area contributed by atoms with Crippen LogP contribution in [0.3, 0.4) is 0 Å². The molecule has 0 unspecified atom stereocenters. The Morgan fingerprint density at radius 2 is 1.88 bits per heavy atom. The average molecular weight is 349 g/mol. The van der Waals surface area contributed by atoms with E-state index in [0.29, 0.717) is 16.8 Å². The molecule has 0 aliphatic rings. The molecule has 0 aliphatic heterocycles. The van der Waals surface area contributed by atoms with Crippen LogP contribution in [0.5, 0.6) is 0 Å². The van der Waals surface area contributed by atoms with E-state index in [4.69, 9.17) is 10.8 Å². The lowest BCUT2D eigenvalue weighted by Crippen LogP contribution is -2.11. The van der Waals surface area contributed by atoms with Gasteiger partial charge in [-0.1, -0.05) is 22.6 Å². The number of hydrogen-bond donors (Lipinski definition) is 2. The fourth-order valence-electron chi connectivity index (χ4n) is 1.35. The van der Waals surface area contributed by atoms with Crippen molar-refractivity contribution in [3.63, 3.8) is 0 Å². The quantitative estimate of drug-likeness (QED) is 0.589. The SMILES string of the molecule is CI.Cc1c(C(=O)O)nn2c(N)nnc2c1C. The van der Waals surface area contributed by atoms with Crippen LogP contribution in [0.15, 0.2) is 0 Å². The molecule has 0 fully saturated rings. The molecule has 8 heteroatoms. The Morgan fingerprint density at radius 1 is 1.29 bits per heavy atom. The lowest BCUT2D eigenvalue weighted by atomic mass is 10.1. The normalized spacial score (nSPS) is 9.88. The second kappa shape index (κ2) is 5.25. The third-order valence-corrected chi connectivity index (χ3v) is 2.32. The molecule has 0 aliphatic carbocycles. The highest BCUT2D eigenvalue weighted by Crippen LogP contribution is 2.16. The molecular formula is C9H12IN5O2. The van der Waals surface area contributed by atoms with E-state index in [1.165, 1.54) is 4.52 Å². The van der Waals surface area contributed by atoms with E-state index in [1.54, 1.807) is 13.8 Å². The zero-order valence-corrected chi connectivity index (χ0v) is 11.8. The molecule has 2 rings (SSSR count). The van der Waals surface area contributed by atoms with E-state index in [9.17, 15) is 4.79 Å². The summed E-state index contributed by atoms with van der Waals surface area (Å²) < 4.78 is 1.23. The molecule has 17 heavy (non-hydrogen) atoms. The molecular weight excluding hydrogens is 337 g/mol. The number of nitrogen functional groups attached to an aromatic ring is 1. The molecule has 2 aromatic rings. The summed E-state index contributed by atoms with van der Waals surface area (Å²) in [5.41, 5.74) is 7.23.